The summed E-state index contributed by atoms with van der Waals surface area (Å²) in [5.74, 6) is 8.50. The zero-order valence-corrected chi connectivity index (χ0v) is 50.9. The highest BCUT2D eigenvalue weighted by Gasteiger charge is 2.65. The first-order valence-corrected chi connectivity index (χ1v) is 33.6. The van der Waals surface area contributed by atoms with Crippen LogP contribution in [0.15, 0.2) is 54.9 Å². The van der Waals surface area contributed by atoms with Crippen molar-refractivity contribution in [1.82, 2.24) is 15.2 Å². The van der Waals surface area contributed by atoms with Crippen LogP contribution < -0.4 is 24.8 Å². The molecule has 85 heavy (non-hydrogen) atoms. The number of aromatic hydroxyl groups is 2. The van der Waals surface area contributed by atoms with Gasteiger partial charge in [-0.25, -0.2) is 0 Å². The van der Waals surface area contributed by atoms with Crippen LogP contribution in [-0.4, -0.2) is 134 Å². The Morgan fingerprint density at radius 1 is 0.894 bits per heavy atom. The number of carbonyl (C=O) groups is 1. The number of fused-ring (bicyclic) bond motifs is 1. The number of methoxy groups -OCH3 is 1. The largest absolute Gasteiger partial charge is 0.504 e. The fourth-order valence-corrected chi connectivity index (χ4v) is 19.7. The number of ether oxygens (including phenoxy) is 5. The van der Waals surface area contributed by atoms with Gasteiger partial charge in [-0.2, -0.15) is 0 Å². The number of hydrogen-bond acceptors (Lipinski definition) is 17. The van der Waals surface area contributed by atoms with E-state index in [4.69, 9.17) is 23.7 Å². The van der Waals surface area contributed by atoms with Crippen molar-refractivity contribution in [3.63, 3.8) is 0 Å². The van der Waals surface area contributed by atoms with Gasteiger partial charge < -0.3 is 79.7 Å². The molecule has 9 aliphatic rings. The first kappa shape index (κ1) is 62.2. The first-order valence-electron chi connectivity index (χ1n) is 31.2. The highest BCUT2D eigenvalue weighted by atomic mass is 33.1. The number of carbonyl (C=O) groups excluding carboxylic acids is 1. The van der Waals surface area contributed by atoms with Crippen LogP contribution in [0.5, 0.6) is 28.7 Å². The smallest absolute Gasteiger partial charge is 0.220 e. The summed E-state index contributed by atoms with van der Waals surface area (Å²) in [5.41, 5.74) is 2.43. The predicted molar refractivity (Wildman–Crippen MR) is 326 cm³/mol. The van der Waals surface area contributed by atoms with Crippen molar-refractivity contribution >= 4 is 38.3 Å². The number of hydrogen-bond donors (Lipinski definition) is 10. The second-order valence-electron chi connectivity index (χ2n) is 25.8. The molecule has 9 bridgehead atoms. The number of nitrogens with one attached hydrogen (secondary N) is 2. The van der Waals surface area contributed by atoms with Gasteiger partial charge in [0.1, 0.15) is 13.5 Å². The SMILES string of the molecule is COc1cc(CC2C(O)CSSC3CC(O)c4cccc5cn(cc45)COCCCC4NC(=O)CC4C(O)CC4CCC56CC(CCC5CNCCC#CC65CC(C)CCC45)Oc4cc(c3cc4O)CCC(OCO)CC2O)cc(OCO)c1O. The molecule has 7 heterocycles. The average molecular weight is 1210 g/mol. The van der Waals surface area contributed by atoms with E-state index in [-0.39, 0.29) is 101 Å². The molecule has 3 saturated carbocycles. The van der Waals surface area contributed by atoms with Gasteiger partial charge in [0.2, 0.25) is 11.7 Å². The van der Waals surface area contributed by atoms with E-state index in [1.165, 1.54) is 28.7 Å². The number of aryl methyl sites for hydroxylation is 1. The number of aromatic nitrogens is 1. The molecule has 3 aromatic carbocycles. The number of nitrogens with zero attached hydrogens (tertiary/aromatic N) is 1. The summed E-state index contributed by atoms with van der Waals surface area (Å²) in [6.07, 6.45) is 11.0. The van der Waals surface area contributed by atoms with E-state index in [1.54, 1.807) is 18.2 Å². The van der Waals surface area contributed by atoms with E-state index in [1.807, 2.05) is 41.2 Å². The lowest BCUT2D eigenvalue weighted by Crippen LogP contribution is -2.62. The maximum Gasteiger partial charge on any atom is 0.220 e. The molecule has 464 valence electrons. The number of phenols is 2. The summed E-state index contributed by atoms with van der Waals surface area (Å²) in [6.45, 7) is 3.54. The fourth-order valence-electron chi connectivity index (χ4n) is 16.8. The third kappa shape index (κ3) is 13.3. The summed E-state index contributed by atoms with van der Waals surface area (Å²) in [5, 5.41) is 101. The maximum absolute atomic E-state index is 13.2. The van der Waals surface area contributed by atoms with Crippen molar-refractivity contribution in [3.8, 4) is 40.6 Å². The summed E-state index contributed by atoms with van der Waals surface area (Å²) in [7, 11) is 4.30. The highest BCUT2D eigenvalue weighted by Crippen LogP contribution is 2.69. The van der Waals surface area contributed by atoms with Crippen molar-refractivity contribution in [2.75, 3.05) is 46.1 Å². The van der Waals surface area contributed by atoms with Gasteiger partial charge in [-0.3, -0.25) is 4.79 Å². The van der Waals surface area contributed by atoms with E-state index in [0.29, 0.717) is 68.3 Å². The molecular weight excluding hydrogens is 1120 g/mol. The van der Waals surface area contributed by atoms with Crippen molar-refractivity contribution in [3.05, 3.63) is 77.1 Å². The third-order valence-corrected chi connectivity index (χ3v) is 23.6. The van der Waals surface area contributed by atoms with E-state index in [2.05, 4.69) is 29.4 Å². The summed E-state index contributed by atoms with van der Waals surface area (Å²) in [6, 6.07) is 12.6. The van der Waals surface area contributed by atoms with Crippen LogP contribution in [0, 0.1) is 58.2 Å². The minimum atomic E-state index is -1.13. The summed E-state index contributed by atoms with van der Waals surface area (Å²) in [4.78, 5) is 13.2. The van der Waals surface area contributed by atoms with E-state index in [9.17, 15) is 45.6 Å². The van der Waals surface area contributed by atoms with Gasteiger partial charge in [0.15, 0.2) is 29.8 Å². The molecule has 0 radical (unpaired) electrons. The van der Waals surface area contributed by atoms with Crippen LogP contribution in [0.25, 0.3) is 10.8 Å². The van der Waals surface area contributed by atoms with Crippen LogP contribution >= 0.6 is 21.6 Å². The number of benzene rings is 3. The fraction of sp³-hybridized carbons (Fsp3) is 0.652. The number of phenolic OH excluding ortho intramolecular Hbond substituents is 2. The lowest BCUT2D eigenvalue weighted by Gasteiger charge is -2.65. The standard InChI is InChI=1S/C66H89N3O14S2/c1-39-10-15-52-42-16-18-65-31-46(14-12-44(65)32-67-19-4-3-17-66(52,65)30-39)83-59-25-41-11-13-45(81-37-70)26-55(73)50(21-40-22-60(79-2)64(78)61(23-40)82-38-71)58(76)35-84-85-62(48(41)27-57(59)75)29-56(74)47-8-5-7-43-33-69(34-51(43)47)36-80-20-6-9-53-49(54(72)24-42)28-63(77)68-53/h5,7-8,22-23,25,27,33-34,39,42,44-46,49-50,52-56,58,62,67,70-76,78H,4,6,9-16,18-21,24,26,28-32,35-38H2,1-2H3,(H,68,77). The Morgan fingerprint density at radius 2 is 1.75 bits per heavy atom. The number of amides is 1. The van der Waals surface area contributed by atoms with Crippen molar-refractivity contribution < 1.29 is 69.3 Å². The van der Waals surface area contributed by atoms with Crippen molar-refractivity contribution in [1.29, 1.82) is 0 Å². The lowest BCUT2D eigenvalue weighted by atomic mass is 9.38. The van der Waals surface area contributed by atoms with E-state index in [0.717, 1.165) is 98.3 Å². The Kier molecular flexibility index (Phi) is 20.1. The second kappa shape index (κ2) is 27.5. The van der Waals surface area contributed by atoms with Gasteiger partial charge in [0, 0.05) is 78.1 Å². The maximum atomic E-state index is 13.2. The first-order chi connectivity index (χ1) is 41.2. The molecular formula is C66H89N3O14S2. The van der Waals surface area contributed by atoms with Crippen LogP contribution in [0.3, 0.4) is 0 Å². The highest BCUT2D eigenvalue weighted by molar-refractivity contribution is 8.76. The average Bonchev–Trinajstić information content (AvgIpc) is 1.78. The molecule has 16 atom stereocenters. The predicted octanol–water partition coefficient (Wildman–Crippen LogP) is 8.57. The Hall–Kier alpha value is -4.43. The summed E-state index contributed by atoms with van der Waals surface area (Å²) >= 11 is 0. The molecule has 1 aromatic heterocycles. The van der Waals surface area contributed by atoms with Crippen LogP contribution in [0.1, 0.15) is 143 Å². The van der Waals surface area contributed by atoms with Gasteiger partial charge in [0.05, 0.1) is 43.7 Å². The topological polar surface area (TPSA) is 254 Å². The van der Waals surface area contributed by atoms with Crippen molar-refractivity contribution in [2.45, 2.75) is 177 Å². The molecule has 17 nitrogen and oxygen atoms in total. The number of aliphatic hydroxyl groups excluding tert-OH is 6. The Labute approximate surface area is 507 Å². The number of aliphatic hydroxyl groups is 6. The monoisotopic (exact) mass is 1210 g/mol. The molecule has 19 heteroatoms. The Morgan fingerprint density at radius 3 is 2.59 bits per heavy atom. The van der Waals surface area contributed by atoms with Gasteiger partial charge in [0.25, 0.3) is 0 Å². The molecule has 6 aliphatic heterocycles. The molecule has 1 amide bonds. The third-order valence-electron chi connectivity index (χ3n) is 20.8. The van der Waals surface area contributed by atoms with Gasteiger partial charge in [-0.1, -0.05) is 59.1 Å². The minimum Gasteiger partial charge on any atom is -0.504 e. The van der Waals surface area contributed by atoms with E-state index < -0.39 is 55.3 Å². The second-order valence-corrected chi connectivity index (χ2v) is 28.4. The van der Waals surface area contributed by atoms with Gasteiger partial charge >= 0.3 is 0 Å². The zero-order chi connectivity index (χ0) is 59.4. The van der Waals surface area contributed by atoms with Crippen LogP contribution in [0.4, 0.5) is 0 Å². The molecule has 10 N–H and O–H groups in total. The Bertz CT molecular complexity index is 3010. The van der Waals surface area contributed by atoms with E-state index >= 15 is 0 Å². The van der Waals surface area contributed by atoms with Crippen LogP contribution in [-0.2, 0) is 33.8 Å². The molecule has 4 aromatic rings. The molecule has 4 fully saturated rings. The molecule has 13 rings (SSSR count). The molecule has 3 aliphatic carbocycles. The van der Waals surface area contributed by atoms with Gasteiger partial charge in [-0.15, -0.1) is 5.92 Å². The molecule has 16 unspecified atom stereocenters. The van der Waals surface area contributed by atoms with Crippen molar-refractivity contribution in [2.24, 2.45) is 46.3 Å². The lowest BCUT2D eigenvalue weighted by molar-refractivity contribution is -0.160. The van der Waals surface area contributed by atoms with Gasteiger partial charge in [-0.05, 0) is 184 Å². The van der Waals surface area contributed by atoms with Crippen LogP contribution in [0.2, 0.25) is 0 Å². The summed E-state index contributed by atoms with van der Waals surface area (Å²) < 4.78 is 32.3. The number of rotatable bonds is 7. The zero-order valence-electron chi connectivity index (χ0n) is 49.2. The quantitative estimate of drug-likeness (QED) is 0.0472. The molecule has 1 saturated heterocycles. The Balaban J connectivity index is 0.974. The normalized spacial score (nSPS) is 35.1. The minimum absolute atomic E-state index is 0.00730. The molecule has 2 spiro atoms.